The number of imide groups is 1. The molecule has 0 N–H and O–H groups in total. The van der Waals surface area contributed by atoms with Crippen molar-refractivity contribution < 1.29 is 38.2 Å². The summed E-state index contributed by atoms with van der Waals surface area (Å²) in [6.07, 6.45) is 0. The number of carbonyl (C=O) groups is 6. The van der Waals surface area contributed by atoms with Crippen LogP contribution in [-0.2, 0) is 9.47 Å². The lowest BCUT2D eigenvalue weighted by atomic mass is 10.1. The highest BCUT2D eigenvalue weighted by molar-refractivity contribution is 6.38. The van der Waals surface area contributed by atoms with Gasteiger partial charge in [0.2, 0.25) is 11.6 Å². The van der Waals surface area contributed by atoms with Crippen molar-refractivity contribution in [2.45, 2.75) is 0 Å². The number of esters is 2. The van der Waals surface area contributed by atoms with E-state index in [0.29, 0.717) is 10.0 Å². The van der Waals surface area contributed by atoms with Gasteiger partial charge in [0.05, 0.1) is 38.0 Å². The molecule has 0 spiro atoms. The van der Waals surface area contributed by atoms with Crippen LogP contribution in [0.15, 0.2) is 78.9 Å². The molecule has 0 saturated heterocycles. The highest BCUT2D eigenvalue weighted by atomic mass is 35.5. The van der Waals surface area contributed by atoms with Gasteiger partial charge in [0.15, 0.2) is 13.2 Å². The normalized spacial score (nSPS) is 12.1. The zero-order valence-corrected chi connectivity index (χ0v) is 25.7. The minimum absolute atomic E-state index is 0.0448. The van der Waals surface area contributed by atoms with Crippen molar-refractivity contribution in [1.29, 1.82) is 0 Å². The predicted molar refractivity (Wildman–Crippen MR) is 166 cm³/mol. The molecule has 1 heterocycles. The first-order valence-corrected chi connectivity index (χ1v) is 14.4. The van der Waals surface area contributed by atoms with E-state index in [1.165, 1.54) is 78.9 Å². The molecule has 5 rings (SSSR count). The van der Waals surface area contributed by atoms with Gasteiger partial charge in [0.25, 0.3) is 11.8 Å². The Bertz CT molecular complexity index is 1920. The van der Waals surface area contributed by atoms with Crippen LogP contribution in [-0.4, -0.2) is 48.5 Å². The maximum Gasteiger partial charge on any atom is 0.338 e. The van der Waals surface area contributed by atoms with Crippen LogP contribution >= 0.6 is 46.4 Å². The topological polar surface area (TPSA) is 124 Å². The fourth-order valence-electron chi connectivity index (χ4n) is 4.36. The standard InChI is InChI=1S/C32H17Cl4NO8/c33-18-4-9-22(25(35)12-18)27(38)14-44-31(42)16-1-6-20(7-2-16)37-29(40)21-8-3-17(11-24(21)30(37)41)32(43)45-15-28(39)23-10-5-19(34)13-26(23)36/h1-13H,14-15H2. The highest BCUT2D eigenvalue weighted by Gasteiger charge is 2.37. The Kier molecular flexibility index (Phi) is 9.36. The largest absolute Gasteiger partial charge is 0.454 e. The van der Waals surface area contributed by atoms with Gasteiger partial charge in [-0.15, -0.1) is 0 Å². The summed E-state index contributed by atoms with van der Waals surface area (Å²) in [6, 6.07) is 17.7. The first kappa shape index (κ1) is 31.9. The molecule has 1 aliphatic rings. The van der Waals surface area contributed by atoms with E-state index in [9.17, 15) is 28.8 Å². The van der Waals surface area contributed by atoms with E-state index in [1.54, 1.807) is 0 Å². The number of nitrogens with zero attached hydrogens (tertiary/aromatic N) is 1. The lowest BCUT2D eigenvalue weighted by Gasteiger charge is -2.14. The molecule has 2 amide bonds. The summed E-state index contributed by atoms with van der Waals surface area (Å²) in [5.41, 5.74) is 0.408. The monoisotopic (exact) mass is 683 g/mol. The molecule has 0 atom stereocenters. The number of ether oxygens (including phenoxy) is 2. The number of Topliss-reactive ketones (excluding diaryl/α,β-unsaturated/α-hetero) is 2. The minimum Gasteiger partial charge on any atom is -0.454 e. The van der Waals surface area contributed by atoms with E-state index in [-0.39, 0.29) is 49.1 Å². The van der Waals surface area contributed by atoms with Crippen LogP contribution in [0.5, 0.6) is 0 Å². The molecule has 0 bridgehead atoms. The van der Waals surface area contributed by atoms with E-state index >= 15 is 0 Å². The molecule has 13 heteroatoms. The predicted octanol–water partition coefficient (Wildman–Crippen LogP) is 7.18. The number of amides is 2. The fourth-order valence-corrected chi connectivity index (χ4v) is 5.39. The SMILES string of the molecule is O=C(OCC(=O)c1ccc(Cl)cc1Cl)c1ccc(N2C(=O)c3ccc(C(=O)OCC(=O)c4ccc(Cl)cc4Cl)cc3C2=O)cc1. The van der Waals surface area contributed by atoms with Crippen LogP contribution < -0.4 is 4.90 Å². The number of hydrogen-bond donors (Lipinski definition) is 0. The zero-order valence-electron chi connectivity index (χ0n) is 22.6. The first-order valence-electron chi connectivity index (χ1n) is 12.9. The third kappa shape index (κ3) is 6.77. The van der Waals surface area contributed by atoms with Gasteiger partial charge in [-0.1, -0.05) is 46.4 Å². The van der Waals surface area contributed by atoms with Crippen molar-refractivity contribution in [2.24, 2.45) is 0 Å². The van der Waals surface area contributed by atoms with Crippen LogP contribution in [0.2, 0.25) is 20.1 Å². The number of fused-ring (bicyclic) bond motifs is 1. The van der Waals surface area contributed by atoms with Crippen molar-refractivity contribution in [3.63, 3.8) is 0 Å². The highest BCUT2D eigenvalue weighted by Crippen LogP contribution is 2.30. The second-order valence-electron chi connectivity index (χ2n) is 9.50. The molecule has 0 aromatic heterocycles. The number of anilines is 1. The first-order chi connectivity index (χ1) is 21.4. The Morgan fingerprint density at radius 2 is 1.02 bits per heavy atom. The molecule has 0 fully saturated rings. The molecule has 0 aliphatic carbocycles. The molecule has 0 saturated carbocycles. The molecule has 45 heavy (non-hydrogen) atoms. The quantitative estimate of drug-likeness (QED) is 0.103. The van der Waals surface area contributed by atoms with Crippen LogP contribution in [0.25, 0.3) is 0 Å². The maximum atomic E-state index is 13.2. The molecular weight excluding hydrogens is 668 g/mol. The van der Waals surface area contributed by atoms with E-state index in [1.807, 2.05) is 0 Å². The second kappa shape index (κ2) is 13.2. The van der Waals surface area contributed by atoms with Crippen molar-refractivity contribution in [1.82, 2.24) is 0 Å². The lowest BCUT2D eigenvalue weighted by molar-refractivity contribution is 0.0472. The van der Waals surface area contributed by atoms with Crippen LogP contribution in [0.1, 0.15) is 62.1 Å². The lowest BCUT2D eigenvalue weighted by Crippen LogP contribution is -2.29. The van der Waals surface area contributed by atoms with Crippen molar-refractivity contribution in [2.75, 3.05) is 18.1 Å². The number of ketones is 2. The summed E-state index contributed by atoms with van der Waals surface area (Å²) < 4.78 is 10.2. The van der Waals surface area contributed by atoms with Gasteiger partial charge in [0.1, 0.15) is 0 Å². The summed E-state index contributed by atoms with van der Waals surface area (Å²) in [5, 5.41) is 0.903. The summed E-state index contributed by atoms with van der Waals surface area (Å²) in [4.78, 5) is 77.2. The Balaban J connectivity index is 1.22. The van der Waals surface area contributed by atoms with Gasteiger partial charge in [-0.25, -0.2) is 14.5 Å². The van der Waals surface area contributed by atoms with Crippen molar-refractivity contribution >= 4 is 87.4 Å². The van der Waals surface area contributed by atoms with Crippen LogP contribution in [0, 0.1) is 0 Å². The van der Waals surface area contributed by atoms with Crippen LogP contribution in [0.3, 0.4) is 0 Å². The summed E-state index contributed by atoms with van der Waals surface area (Å²) in [7, 11) is 0. The molecule has 1 aliphatic heterocycles. The molecule has 226 valence electrons. The molecule has 9 nitrogen and oxygen atoms in total. The molecular formula is C32H17Cl4NO8. The van der Waals surface area contributed by atoms with Gasteiger partial charge in [-0.05, 0) is 78.9 Å². The number of carbonyl (C=O) groups excluding carboxylic acids is 6. The van der Waals surface area contributed by atoms with Gasteiger partial charge in [-0.2, -0.15) is 0 Å². The molecule has 0 radical (unpaired) electrons. The third-order valence-electron chi connectivity index (χ3n) is 6.62. The van der Waals surface area contributed by atoms with E-state index in [0.717, 1.165) is 4.90 Å². The molecule has 4 aromatic rings. The van der Waals surface area contributed by atoms with E-state index in [2.05, 4.69) is 0 Å². The maximum absolute atomic E-state index is 13.2. The Morgan fingerprint density at radius 3 is 1.53 bits per heavy atom. The van der Waals surface area contributed by atoms with Gasteiger partial charge in [-0.3, -0.25) is 19.2 Å². The van der Waals surface area contributed by atoms with Gasteiger partial charge in [0, 0.05) is 21.2 Å². The summed E-state index contributed by atoms with van der Waals surface area (Å²) >= 11 is 23.7. The average molecular weight is 685 g/mol. The average Bonchev–Trinajstić information content (AvgIpc) is 3.26. The van der Waals surface area contributed by atoms with Crippen molar-refractivity contribution in [3.8, 4) is 0 Å². The number of halogens is 4. The van der Waals surface area contributed by atoms with E-state index in [4.69, 9.17) is 55.9 Å². The minimum atomic E-state index is -0.894. The molecule has 0 unspecified atom stereocenters. The second-order valence-corrected chi connectivity index (χ2v) is 11.2. The fraction of sp³-hybridized carbons (Fsp3) is 0.0625. The van der Waals surface area contributed by atoms with E-state index < -0.39 is 48.5 Å². The molecule has 4 aromatic carbocycles. The van der Waals surface area contributed by atoms with Gasteiger partial charge >= 0.3 is 11.9 Å². The Hall–Kier alpha value is -4.54. The van der Waals surface area contributed by atoms with Gasteiger partial charge < -0.3 is 9.47 Å². The number of rotatable bonds is 9. The summed E-state index contributed by atoms with van der Waals surface area (Å²) in [6.45, 7) is -1.19. The number of hydrogen-bond acceptors (Lipinski definition) is 8. The van der Waals surface area contributed by atoms with Crippen LogP contribution in [0.4, 0.5) is 5.69 Å². The Morgan fingerprint density at radius 1 is 0.556 bits per heavy atom. The number of benzene rings is 4. The summed E-state index contributed by atoms with van der Waals surface area (Å²) in [5.74, 6) is -4.17. The zero-order chi connectivity index (χ0) is 32.4. The smallest absolute Gasteiger partial charge is 0.338 e. The third-order valence-corrected chi connectivity index (χ3v) is 7.71. The Labute approximate surface area is 275 Å². The van der Waals surface area contributed by atoms with Crippen molar-refractivity contribution in [3.05, 3.63) is 132 Å².